The minimum atomic E-state index is -0.991. The predicted octanol–water partition coefficient (Wildman–Crippen LogP) is 3.17. The van der Waals surface area contributed by atoms with Gasteiger partial charge in [-0.1, -0.05) is 0 Å². The third-order valence-electron chi connectivity index (χ3n) is 3.10. The summed E-state index contributed by atoms with van der Waals surface area (Å²) in [6.07, 6.45) is 3.24. The lowest BCUT2D eigenvalue weighted by molar-refractivity contribution is 0.0697. The van der Waals surface area contributed by atoms with Gasteiger partial charge in [0, 0.05) is 17.6 Å². The summed E-state index contributed by atoms with van der Waals surface area (Å²) >= 11 is 3.27. The normalized spacial score (nSPS) is 15.1. The minimum Gasteiger partial charge on any atom is -0.478 e. The largest absolute Gasteiger partial charge is 0.478 e. The quantitative estimate of drug-likeness (QED) is 0.877. The molecule has 1 heterocycles. The molecule has 1 aliphatic rings. The number of carbonyl (C=O) groups is 2. The molecule has 0 aliphatic carbocycles. The molecule has 1 fully saturated rings. The van der Waals surface area contributed by atoms with E-state index in [2.05, 4.69) is 21.2 Å². The average molecular weight is 327 g/mol. The fourth-order valence-electron chi connectivity index (χ4n) is 2.04. The summed E-state index contributed by atoms with van der Waals surface area (Å²) in [5, 5.41) is 11.7. The second kappa shape index (κ2) is 6.06. The molecule has 1 aromatic carbocycles. The zero-order chi connectivity index (χ0) is 13.8. The number of aromatic carboxylic acids is 1. The van der Waals surface area contributed by atoms with Gasteiger partial charge >= 0.3 is 12.0 Å². The zero-order valence-electron chi connectivity index (χ0n) is 10.4. The highest BCUT2D eigenvalue weighted by molar-refractivity contribution is 9.10. The van der Waals surface area contributed by atoms with Crippen LogP contribution in [0.2, 0.25) is 0 Å². The van der Waals surface area contributed by atoms with Crippen LogP contribution in [0.4, 0.5) is 10.5 Å². The summed E-state index contributed by atoms with van der Waals surface area (Å²) in [7, 11) is 0. The van der Waals surface area contributed by atoms with Gasteiger partial charge in [0.15, 0.2) is 0 Å². The number of benzene rings is 1. The smallest absolute Gasteiger partial charge is 0.335 e. The number of likely N-dealkylation sites (tertiary alicyclic amines) is 1. The molecular weight excluding hydrogens is 312 g/mol. The van der Waals surface area contributed by atoms with Crippen molar-refractivity contribution >= 4 is 33.6 Å². The first-order chi connectivity index (χ1) is 9.08. The Morgan fingerprint density at radius 3 is 2.47 bits per heavy atom. The van der Waals surface area contributed by atoms with E-state index in [1.54, 1.807) is 11.0 Å². The van der Waals surface area contributed by atoms with Crippen LogP contribution in [0.3, 0.4) is 0 Å². The molecule has 1 aromatic rings. The molecule has 0 unspecified atom stereocenters. The van der Waals surface area contributed by atoms with E-state index < -0.39 is 5.97 Å². The first kappa shape index (κ1) is 13.9. The van der Waals surface area contributed by atoms with Crippen molar-refractivity contribution in [2.24, 2.45) is 0 Å². The Labute approximate surface area is 119 Å². The molecule has 5 nitrogen and oxygen atoms in total. The number of halogens is 1. The number of carbonyl (C=O) groups excluding carboxylic acids is 1. The van der Waals surface area contributed by atoms with E-state index in [0.717, 1.165) is 25.9 Å². The summed E-state index contributed by atoms with van der Waals surface area (Å²) < 4.78 is 0.567. The van der Waals surface area contributed by atoms with E-state index in [4.69, 9.17) is 5.11 Å². The van der Waals surface area contributed by atoms with E-state index in [0.29, 0.717) is 10.2 Å². The third kappa shape index (κ3) is 3.47. The summed E-state index contributed by atoms with van der Waals surface area (Å²) in [5.74, 6) is -0.991. The van der Waals surface area contributed by atoms with Crippen LogP contribution in [-0.4, -0.2) is 35.1 Å². The standard InChI is InChI=1S/C13H15BrN2O3/c14-10-8-9(12(17)18)4-5-11(10)15-13(19)16-6-2-1-3-7-16/h4-5,8H,1-3,6-7H2,(H,15,19)(H,17,18). The van der Waals surface area contributed by atoms with Crippen LogP contribution in [0.1, 0.15) is 29.6 Å². The number of carboxylic acids is 1. The predicted molar refractivity (Wildman–Crippen MR) is 75.5 cm³/mol. The average Bonchev–Trinajstić information content (AvgIpc) is 2.41. The van der Waals surface area contributed by atoms with Crippen LogP contribution >= 0.6 is 15.9 Å². The van der Waals surface area contributed by atoms with E-state index in [9.17, 15) is 9.59 Å². The summed E-state index contributed by atoms with van der Waals surface area (Å²) in [6.45, 7) is 1.55. The Bertz CT molecular complexity index is 499. The van der Waals surface area contributed by atoms with Gasteiger partial charge in [-0.05, 0) is 53.4 Å². The lowest BCUT2D eigenvalue weighted by Crippen LogP contribution is -2.38. The van der Waals surface area contributed by atoms with E-state index in [-0.39, 0.29) is 11.6 Å². The van der Waals surface area contributed by atoms with Crippen LogP contribution < -0.4 is 5.32 Å². The summed E-state index contributed by atoms with van der Waals surface area (Å²) in [5.41, 5.74) is 0.767. The molecule has 19 heavy (non-hydrogen) atoms. The Hall–Kier alpha value is -1.56. The van der Waals surface area contributed by atoms with Gasteiger partial charge in [0.1, 0.15) is 0 Å². The van der Waals surface area contributed by atoms with Crippen LogP contribution in [0, 0.1) is 0 Å². The molecule has 1 aliphatic heterocycles. The van der Waals surface area contributed by atoms with Crippen molar-refractivity contribution in [3.8, 4) is 0 Å². The van der Waals surface area contributed by atoms with Crippen molar-refractivity contribution in [2.75, 3.05) is 18.4 Å². The Balaban J connectivity index is 2.06. The van der Waals surface area contributed by atoms with Crippen LogP contribution in [0.5, 0.6) is 0 Å². The Morgan fingerprint density at radius 2 is 1.89 bits per heavy atom. The maximum absolute atomic E-state index is 12.0. The maximum atomic E-state index is 12.0. The van der Waals surface area contributed by atoms with Crippen molar-refractivity contribution in [2.45, 2.75) is 19.3 Å². The topological polar surface area (TPSA) is 69.6 Å². The number of hydrogen-bond acceptors (Lipinski definition) is 2. The Morgan fingerprint density at radius 1 is 1.21 bits per heavy atom. The molecule has 0 bridgehead atoms. The third-order valence-corrected chi connectivity index (χ3v) is 3.76. The highest BCUT2D eigenvalue weighted by atomic mass is 79.9. The molecule has 1 saturated heterocycles. The van der Waals surface area contributed by atoms with E-state index >= 15 is 0 Å². The highest BCUT2D eigenvalue weighted by Crippen LogP contribution is 2.24. The van der Waals surface area contributed by atoms with Gasteiger partial charge in [0.05, 0.1) is 11.3 Å². The number of anilines is 1. The van der Waals surface area contributed by atoms with Gasteiger partial charge in [-0.25, -0.2) is 9.59 Å². The lowest BCUT2D eigenvalue weighted by atomic mass is 10.1. The number of piperidine rings is 1. The van der Waals surface area contributed by atoms with Crippen molar-refractivity contribution in [3.63, 3.8) is 0 Å². The fourth-order valence-corrected chi connectivity index (χ4v) is 2.52. The maximum Gasteiger partial charge on any atom is 0.335 e. The Kier molecular flexibility index (Phi) is 4.42. The number of nitrogens with zero attached hydrogens (tertiary/aromatic N) is 1. The molecule has 0 spiro atoms. The van der Waals surface area contributed by atoms with Gasteiger partial charge in [-0.2, -0.15) is 0 Å². The van der Waals surface area contributed by atoms with Gasteiger partial charge in [-0.3, -0.25) is 0 Å². The number of amides is 2. The van der Waals surface area contributed by atoms with Crippen LogP contribution in [-0.2, 0) is 0 Å². The molecule has 0 atom stereocenters. The SMILES string of the molecule is O=C(O)c1ccc(NC(=O)N2CCCCC2)c(Br)c1. The molecule has 0 saturated carbocycles. The van der Waals surface area contributed by atoms with Crippen molar-refractivity contribution in [3.05, 3.63) is 28.2 Å². The fraction of sp³-hybridized carbons (Fsp3) is 0.385. The molecule has 2 N–H and O–H groups in total. The number of hydrogen-bond donors (Lipinski definition) is 2. The van der Waals surface area contributed by atoms with E-state index in [1.807, 2.05) is 0 Å². The molecule has 2 amide bonds. The van der Waals surface area contributed by atoms with Gasteiger partial charge in [0.2, 0.25) is 0 Å². The summed E-state index contributed by atoms with van der Waals surface area (Å²) in [4.78, 5) is 24.6. The number of rotatable bonds is 2. The monoisotopic (exact) mass is 326 g/mol. The van der Waals surface area contributed by atoms with Gasteiger partial charge in [0.25, 0.3) is 0 Å². The zero-order valence-corrected chi connectivity index (χ0v) is 11.9. The number of carboxylic acid groups (broad SMARTS) is 1. The lowest BCUT2D eigenvalue weighted by Gasteiger charge is -2.27. The first-order valence-electron chi connectivity index (χ1n) is 6.16. The molecule has 2 rings (SSSR count). The van der Waals surface area contributed by atoms with Crippen LogP contribution in [0.15, 0.2) is 22.7 Å². The van der Waals surface area contributed by atoms with Crippen LogP contribution in [0.25, 0.3) is 0 Å². The second-order valence-corrected chi connectivity index (χ2v) is 5.33. The van der Waals surface area contributed by atoms with Crippen molar-refractivity contribution < 1.29 is 14.7 Å². The molecular formula is C13H15BrN2O3. The summed E-state index contributed by atoms with van der Waals surface area (Å²) in [6, 6.07) is 4.41. The van der Waals surface area contributed by atoms with Gasteiger partial charge < -0.3 is 15.3 Å². The molecule has 102 valence electrons. The second-order valence-electron chi connectivity index (χ2n) is 4.48. The first-order valence-corrected chi connectivity index (χ1v) is 6.96. The van der Waals surface area contributed by atoms with Crippen molar-refractivity contribution in [1.82, 2.24) is 4.90 Å². The molecule has 0 radical (unpaired) electrons. The molecule has 0 aromatic heterocycles. The van der Waals surface area contributed by atoms with E-state index in [1.165, 1.54) is 18.6 Å². The highest BCUT2D eigenvalue weighted by Gasteiger charge is 2.17. The van der Waals surface area contributed by atoms with Crippen molar-refractivity contribution in [1.29, 1.82) is 0 Å². The molecule has 6 heteroatoms. The number of urea groups is 1. The van der Waals surface area contributed by atoms with Gasteiger partial charge in [-0.15, -0.1) is 0 Å². The number of nitrogens with one attached hydrogen (secondary N) is 1. The minimum absolute atomic E-state index is 0.136.